The van der Waals surface area contributed by atoms with Crippen LogP contribution in [0.25, 0.3) is 6.08 Å². The lowest BCUT2D eigenvalue weighted by Crippen LogP contribution is -2.06. The first-order chi connectivity index (χ1) is 10.8. The third kappa shape index (κ3) is 4.03. The second-order valence-electron chi connectivity index (χ2n) is 4.59. The topological polar surface area (TPSA) is 60.2 Å². The molecule has 0 aliphatic carbocycles. The fourth-order valence-corrected chi connectivity index (χ4v) is 1.91. The van der Waals surface area contributed by atoms with E-state index in [1.54, 1.807) is 6.07 Å². The number of ketones is 1. The number of carbonyl (C=O) groups is 1. The highest BCUT2D eigenvalue weighted by Gasteiger charge is 2.30. The van der Waals surface area contributed by atoms with Gasteiger partial charge in [-0.05, 0) is 30.4 Å². The molecule has 0 bridgehead atoms. The standard InChI is InChI=1S/C16H10F3NO3/c17-16(18,19)13-6-3-5-12(10-13)15(21)9-8-11-4-1-2-7-14(11)20(22)23/h1-10H. The van der Waals surface area contributed by atoms with Crippen LogP contribution in [-0.4, -0.2) is 10.7 Å². The van der Waals surface area contributed by atoms with Crippen LogP contribution in [-0.2, 0) is 6.18 Å². The molecule has 0 radical (unpaired) electrons. The number of alkyl halides is 3. The van der Waals surface area contributed by atoms with Crippen LogP contribution in [0.3, 0.4) is 0 Å². The van der Waals surface area contributed by atoms with Gasteiger partial charge in [0.25, 0.3) is 5.69 Å². The Labute approximate surface area is 129 Å². The summed E-state index contributed by atoms with van der Waals surface area (Å²) in [6, 6.07) is 9.73. The van der Waals surface area contributed by atoms with Gasteiger partial charge in [-0.15, -0.1) is 0 Å². The van der Waals surface area contributed by atoms with Crippen molar-refractivity contribution in [2.75, 3.05) is 0 Å². The molecule has 0 amide bonds. The van der Waals surface area contributed by atoms with Crippen LogP contribution in [0.15, 0.2) is 54.6 Å². The van der Waals surface area contributed by atoms with E-state index in [9.17, 15) is 28.1 Å². The average Bonchev–Trinajstić information content (AvgIpc) is 2.52. The lowest BCUT2D eigenvalue weighted by atomic mass is 10.1. The number of rotatable bonds is 4. The maximum atomic E-state index is 12.6. The van der Waals surface area contributed by atoms with E-state index >= 15 is 0 Å². The van der Waals surface area contributed by atoms with Crippen LogP contribution in [0, 0.1) is 10.1 Å². The molecule has 0 N–H and O–H groups in total. The zero-order valence-corrected chi connectivity index (χ0v) is 11.6. The third-order valence-corrected chi connectivity index (χ3v) is 3.02. The van der Waals surface area contributed by atoms with E-state index in [2.05, 4.69) is 0 Å². The van der Waals surface area contributed by atoms with Crippen molar-refractivity contribution in [3.63, 3.8) is 0 Å². The predicted octanol–water partition coefficient (Wildman–Crippen LogP) is 4.51. The van der Waals surface area contributed by atoms with E-state index in [1.165, 1.54) is 30.3 Å². The molecule has 0 saturated heterocycles. The van der Waals surface area contributed by atoms with Gasteiger partial charge in [-0.25, -0.2) is 0 Å². The van der Waals surface area contributed by atoms with Crippen LogP contribution >= 0.6 is 0 Å². The van der Waals surface area contributed by atoms with Crippen molar-refractivity contribution in [1.82, 2.24) is 0 Å². The van der Waals surface area contributed by atoms with Gasteiger partial charge in [-0.1, -0.05) is 24.3 Å². The zero-order chi connectivity index (χ0) is 17.0. The minimum atomic E-state index is -4.54. The summed E-state index contributed by atoms with van der Waals surface area (Å²) >= 11 is 0. The van der Waals surface area contributed by atoms with Crippen LogP contribution < -0.4 is 0 Å². The molecule has 0 spiro atoms. The molecule has 0 fully saturated rings. The van der Waals surface area contributed by atoms with E-state index in [-0.39, 0.29) is 16.8 Å². The van der Waals surface area contributed by atoms with Gasteiger partial charge >= 0.3 is 6.18 Å². The molecule has 4 nitrogen and oxygen atoms in total. The van der Waals surface area contributed by atoms with Crippen molar-refractivity contribution in [1.29, 1.82) is 0 Å². The second kappa shape index (κ2) is 6.43. The Kier molecular flexibility index (Phi) is 4.59. The molecule has 0 unspecified atom stereocenters. The SMILES string of the molecule is O=C(C=Cc1ccccc1[N+](=O)[O-])c1cccc(C(F)(F)F)c1. The normalized spacial score (nSPS) is 11.6. The summed E-state index contributed by atoms with van der Waals surface area (Å²) in [7, 11) is 0. The monoisotopic (exact) mass is 321 g/mol. The van der Waals surface area contributed by atoms with Gasteiger partial charge in [0.15, 0.2) is 5.78 Å². The highest BCUT2D eigenvalue weighted by molar-refractivity contribution is 6.07. The smallest absolute Gasteiger partial charge is 0.289 e. The number of carbonyl (C=O) groups excluding carboxylic acids is 1. The summed E-state index contributed by atoms with van der Waals surface area (Å²) < 4.78 is 37.9. The molecule has 118 valence electrons. The molecule has 2 rings (SSSR count). The number of benzene rings is 2. The zero-order valence-electron chi connectivity index (χ0n) is 11.6. The number of allylic oxidation sites excluding steroid dienone is 1. The van der Waals surface area contributed by atoms with Crippen LogP contribution in [0.1, 0.15) is 21.5 Å². The van der Waals surface area contributed by atoms with Crippen LogP contribution in [0.5, 0.6) is 0 Å². The highest BCUT2D eigenvalue weighted by Crippen LogP contribution is 2.29. The van der Waals surface area contributed by atoms with Gasteiger partial charge in [0.2, 0.25) is 0 Å². The molecule has 23 heavy (non-hydrogen) atoms. The first-order valence-electron chi connectivity index (χ1n) is 6.42. The third-order valence-electron chi connectivity index (χ3n) is 3.02. The van der Waals surface area contributed by atoms with Crippen molar-refractivity contribution < 1.29 is 22.9 Å². The Balaban J connectivity index is 2.28. The molecule has 0 aromatic heterocycles. The van der Waals surface area contributed by atoms with E-state index in [1.807, 2.05) is 0 Å². The van der Waals surface area contributed by atoms with Crippen molar-refractivity contribution >= 4 is 17.5 Å². The number of nitro groups is 1. The van der Waals surface area contributed by atoms with E-state index in [0.29, 0.717) is 0 Å². The van der Waals surface area contributed by atoms with Crippen molar-refractivity contribution in [2.45, 2.75) is 6.18 Å². The largest absolute Gasteiger partial charge is 0.416 e. The van der Waals surface area contributed by atoms with E-state index in [4.69, 9.17) is 0 Å². The maximum absolute atomic E-state index is 12.6. The molecule has 0 saturated carbocycles. The fraction of sp³-hybridized carbons (Fsp3) is 0.0625. The average molecular weight is 321 g/mol. The molecule has 0 aliphatic heterocycles. The van der Waals surface area contributed by atoms with E-state index in [0.717, 1.165) is 24.3 Å². The van der Waals surface area contributed by atoms with Crippen molar-refractivity contribution in [3.05, 3.63) is 81.4 Å². The van der Waals surface area contributed by atoms with Gasteiger partial charge in [0, 0.05) is 11.6 Å². The molecule has 2 aromatic carbocycles. The summed E-state index contributed by atoms with van der Waals surface area (Å²) in [6.45, 7) is 0. The second-order valence-corrected chi connectivity index (χ2v) is 4.59. The molecule has 0 heterocycles. The summed E-state index contributed by atoms with van der Waals surface area (Å²) in [4.78, 5) is 22.2. The number of halogens is 3. The number of hydrogen-bond acceptors (Lipinski definition) is 3. The van der Waals surface area contributed by atoms with E-state index < -0.39 is 22.4 Å². The quantitative estimate of drug-likeness (QED) is 0.360. The van der Waals surface area contributed by atoms with Crippen LogP contribution in [0.4, 0.5) is 18.9 Å². The Morgan fingerprint density at radius 2 is 1.78 bits per heavy atom. The minimum Gasteiger partial charge on any atom is -0.289 e. The Morgan fingerprint density at radius 3 is 2.43 bits per heavy atom. The molecular weight excluding hydrogens is 311 g/mol. The molecule has 0 atom stereocenters. The van der Waals surface area contributed by atoms with Gasteiger partial charge in [0.05, 0.1) is 16.1 Å². The van der Waals surface area contributed by atoms with Gasteiger partial charge < -0.3 is 0 Å². The van der Waals surface area contributed by atoms with Gasteiger partial charge in [-0.3, -0.25) is 14.9 Å². The maximum Gasteiger partial charge on any atom is 0.416 e. The lowest BCUT2D eigenvalue weighted by Gasteiger charge is -2.07. The highest BCUT2D eigenvalue weighted by atomic mass is 19.4. The Bertz CT molecular complexity index is 782. The Hall–Kier alpha value is -2.96. The molecule has 7 heteroatoms. The predicted molar refractivity (Wildman–Crippen MR) is 77.9 cm³/mol. The lowest BCUT2D eigenvalue weighted by molar-refractivity contribution is -0.385. The summed E-state index contributed by atoms with van der Waals surface area (Å²) in [5, 5.41) is 10.9. The number of nitrogens with zero attached hydrogens (tertiary/aromatic N) is 1. The number of para-hydroxylation sites is 1. The Morgan fingerprint density at radius 1 is 1.09 bits per heavy atom. The number of nitro benzene ring substituents is 1. The molecule has 0 aliphatic rings. The fourth-order valence-electron chi connectivity index (χ4n) is 1.91. The summed E-state index contributed by atoms with van der Waals surface area (Å²) in [6.07, 6.45) is -2.32. The summed E-state index contributed by atoms with van der Waals surface area (Å²) in [5.41, 5.74) is -1.07. The molecular formula is C16H10F3NO3. The van der Waals surface area contributed by atoms with Crippen molar-refractivity contribution in [2.24, 2.45) is 0 Å². The number of hydrogen-bond donors (Lipinski definition) is 0. The first-order valence-corrected chi connectivity index (χ1v) is 6.42. The van der Waals surface area contributed by atoms with Gasteiger partial charge in [-0.2, -0.15) is 13.2 Å². The van der Waals surface area contributed by atoms with Crippen LogP contribution in [0.2, 0.25) is 0 Å². The first kappa shape index (κ1) is 16.4. The summed E-state index contributed by atoms with van der Waals surface area (Å²) in [5.74, 6) is -0.672. The molecule has 2 aromatic rings. The van der Waals surface area contributed by atoms with Crippen molar-refractivity contribution in [3.8, 4) is 0 Å². The van der Waals surface area contributed by atoms with Gasteiger partial charge in [0.1, 0.15) is 0 Å². The minimum absolute atomic E-state index is 0.144.